The van der Waals surface area contributed by atoms with Gasteiger partial charge in [-0.15, -0.1) is 0 Å². The molecule has 1 saturated heterocycles. The molecule has 21 heavy (non-hydrogen) atoms. The van der Waals surface area contributed by atoms with E-state index in [4.69, 9.17) is 16.3 Å². The number of carbonyl (C=O) groups is 1. The summed E-state index contributed by atoms with van der Waals surface area (Å²) in [6, 6.07) is 6.82. The summed E-state index contributed by atoms with van der Waals surface area (Å²) in [5.41, 5.74) is 0.549. The van der Waals surface area contributed by atoms with E-state index in [0.29, 0.717) is 17.2 Å². The third kappa shape index (κ3) is 2.94. The van der Waals surface area contributed by atoms with Crippen molar-refractivity contribution in [2.45, 2.75) is 18.6 Å². The number of halogens is 1. The summed E-state index contributed by atoms with van der Waals surface area (Å²) in [7, 11) is 1.92. The summed E-state index contributed by atoms with van der Waals surface area (Å²) in [6.07, 6.45) is 4.15. The Balaban J connectivity index is 1.75. The van der Waals surface area contributed by atoms with Crippen LogP contribution in [-0.4, -0.2) is 28.1 Å². The smallest absolute Gasteiger partial charge is 0.251 e. The predicted molar refractivity (Wildman–Crippen MR) is 79.2 cm³/mol. The van der Waals surface area contributed by atoms with Crippen LogP contribution in [0.15, 0.2) is 36.7 Å². The highest BCUT2D eigenvalue weighted by atomic mass is 35.5. The molecule has 1 fully saturated rings. The molecule has 0 saturated carbocycles. The number of ether oxygens (including phenoxy) is 1. The standard InChI is InChI=1S/C15H16ClN3O2/c1-19-7-6-17-14(19)13-12(5-8-21-13)18-15(20)10-3-2-4-11(16)9-10/h2-4,6-7,9,12-13H,5,8H2,1H3,(H,18,20)/t12-,13-/m0/s1. The Labute approximate surface area is 127 Å². The highest BCUT2D eigenvalue weighted by molar-refractivity contribution is 6.30. The van der Waals surface area contributed by atoms with Crippen molar-refractivity contribution in [3.8, 4) is 0 Å². The largest absolute Gasteiger partial charge is 0.368 e. The molecule has 1 aromatic carbocycles. The van der Waals surface area contributed by atoms with E-state index in [1.165, 1.54) is 0 Å². The molecule has 0 unspecified atom stereocenters. The number of rotatable bonds is 3. The van der Waals surface area contributed by atoms with Gasteiger partial charge in [0.15, 0.2) is 0 Å². The summed E-state index contributed by atoms with van der Waals surface area (Å²) < 4.78 is 7.64. The maximum absolute atomic E-state index is 12.3. The van der Waals surface area contributed by atoms with Gasteiger partial charge in [-0.25, -0.2) is 4.98 Å². The van der Waals surface area contributed by atoms with Crippen LogP contribution in [0.4, 0.5) is 0 Å². The lowest BCUT2D eigenvalue weighted by Gasteiger charge is -2.19. The zero-order chi connectivity index (χ0) is 14.8. The molecule has 1 amide bonds. The first-order valence-corrected chi connectivity index (χ1v) is 7.18. The topological polar surface area (TPSA) is 56.1 Å². The van der Waals surface area contributed by atoms with Crippen LogP contribution in [0, 0.1) is 0 Å². The minimum Gasteiger partial charge on any atom is -0.368 e. The Kier molecular flexibility index (Phi) is 3.94. The lowest BCUT2D eigenvalue weighted by molar-refractivity contribution is 0.0779. The molecule has 5 nitrogen and oxygen atoms in total. The van der Waals surface area contributed by atoms with Gasteiger partial charge in [0, 0.05) is 36.6 Å². The van der Waals surface area contributed by atoms with Crippen LogP contribution in [0.3, 0.4) is 0 Å². The van der Waals surface area contributed by atoms with Crippen molar-refractivity contribution in [2.75, 3.05) is 6.61 Å². The van der Waals surface area contributed by atoms with Crippen LogP contribution in [0.5, 0.6) is 0 Å². The lowest BCUT2D eigenvalue weighted by atomic mass is 10.1. The van der Waals surface area contributed by atoms with Gasteiger partial charge < -0.3 is 14.6 Å². The molecule has 1 N–H and O–H groups in total. The van der Waals surface area contributed by atoms with Gasteiger partial charge in [-0.1, -0.05) is 17.7 Å². The van der Waals surface area contributed by atoms with E-state index < -0.39 is 0 Å². The van der Waals surface area contributed by atoms with Crippen molar-refractivity contribution in [1.82, 2.24) is 14.9 Å². The van der Waals surface area contributed by atoms with E-state index in [0.717, 1.165) is 12.2 Å². The molecule has 110 valence electrons. The number of amides is 1. The summed E-state index contributed by atoms with van der Waals surface area (Å²) >= 11 is 5.92. The fourth-order valence-corrected chi connectivity index (χ4v) is 2.71. The minimum atomic E-state index is -0.215. The van der Waals surface area contributed by atoms with Gasteiger partial charge in [0.2, 0.25) is 0 Å². The maximum atomic E-state index is 12.3. The first-order chi connectivity index (χ1) is 10.1. The second kappa shape index (κ2) is 5.87. The molecule has 2 heterocycles. The van der Waals surface area contributed by atoms with Gasteiger partial charge in [0.1, 0.15) is 11.9 Å². The molecule has 1 aliphatic rings. The van der Waals surface area contributed by atoms with Crippen LogP contribution in [0.1, 0.15) is 28.7 Å². The Bertz CT molecular complexity index is 656. The van der Waals surface area contributed by atoms with Crippen LogP contribution in [0.25, 0.3) is 0 Å². The molecule has 0 aliphatic carbocycles. The SMILES string of the molecule is Cn1ccnc1[C@H]1OCC[C@@H]1NC(=O)c1cccc(Cl)c1. The van der Waals surface area contributed by atoms with Crippen LogP contribution >= 0.6 is 11.6 Å². The number of nitrogens with zero attached hydrogens (tertiary/aromatic N) is 2. The summed E-state index contributed by atoms with van der Waals surface area (Å²) in [4.78, 5) is 16.6. The van der Waals surface area contributed by atoms with E-state index in [2.05, 4.69) is 10.3 Å². The normalized spacial score (nSPS) is 21.4. The highest BCUT2D eigenvalue weighted by Crippen LogP contribution is 2.28. The molecule has 0 radical (unpaired) electrons. The Morgan fingerprint density at radius 2 is 2.38 bits per heavy atom. The van der Waals surface area contributed by atoms with Crippen molar-refractivity contribution >= 4 is 17.5 Å². The van der Waals surface area contributed by atoms with E-state index >= 15 is 0 Å². The van der Waals surface area contributed by atoms with Crippen molar-refractivity contribution in [3.63, 3.8) is 0 Å². The Hall–Kier alpha value is -1.85. The Morgan fingerprint density at radius 1 is 1.52 bits per heavy atom. The van der Waals surface area contributed by atoms with Gasteiger partial charge >= 0.3 is 0 Å². The minimum absolute atomic E-state index is 0.0856. The first-order valence-electron chi connectivity index (χ1n) is 6.80. The quantitative estimate of drug-likeness (QED) is 0.947. The Morgan fingerprint density at radius 3 is 3.10 bits per heavy atom. The molecule has 6 heteroatoms. The number of benzene rings is 1. The van der Waals surface area contributed by atoms with Gasteiger partial charge in [-0.2, -0.15) is 0 Å². The highest BCUT2D eigenvalue weighted by Gasteiger charge is 2.33. The van der Waals surface area contributed by atoms with Crippen LogP contribution in [0.2, 0.25) is 5.02 Å². The van der Waals surface area contributed by atoms with E-state index in [9.17, 15) is 4.79 Å². The van der Waals surface area contributed by atoms with Crippen molar-refractivity contribution in [2.24, 2.45) is 7.05 Å². The molecule has 2 aromatic rings. The monoisotopic (exact) mass is 305 g/mol. The molecular formula is C15H16ClN3O2. The molecule has 3 rings (SSSR count). The number of imidazole rings is 1. The summed E-state index contributed by atoms with van der Waals surface area (Å²) in [5, 5.41) is 3.56. The van der Waals surface area contributed by atoms with E-state index in [1.54, 1.807) is 30.5 Å². The van der Waals surface area contributed by atoms with Gasteiger partial charge in [-0.3, -0.25) is 4.79 Å². The average Bonchev–Trinajstić information content (AvgIpc) is 3.07. The lowest BCUT2D eigenvalue weighted by Crippen LogP contribution is -2.37. The van der Waals surface area contributed by atoms with Crippen LogP contribution < -0.4 is 5.32 Å². The summed E-state index contributed by atoms with van der Waals surface area (Å²) in [6.45, 7) is 0.609. The van der Waals surface area contributed by atoms with E-state index in [1.807, 2.05) is 17.8 Å². The number of aromatic nitrogens is 2. The molecule has 1 aliphatic heterocycles. The van der Waals surface area contributed by atoms with Crippen LogP contribution in [-0.2, 0) is 11.8 Å². The fraction of sp³-hybridized carbons (Fsp3) is 0.333. The molecule has 1 aromatic heterocycles. The van der Waals surface area contributed by atoms with Gasteiger partial charge in [0.25, 0.3) is 5.91 Å². The number of aryl methyl sites for hydroxylation is 1. The number of nitrogens with one attached hydrogen (secondary N) is 1. The van der Waals surface area contributed by atoms with E-state index in [-0.39, 0.29) is 18.1 Å². The zero-order valence-electron chi connectivity index (χ0n) is 11.6. The predicted octanol–water partition coefficient (Wildman–Crippen LogP) is 2.33. The van der Waals surface area contributed by atoms with Gasteiger partial charge in [-0.05, 0) is 24.6 Å². The molecule has 0 spiro atoms. The van der Waals surface area contributed by atoms with Gasteiger partial charge in [0.05, 0.1) is 6.04 Å². The number of hydrogen-bond donors (Lipinski definition) is 1. The molecule has 2 atom stereocenters. The van der Waals surface area contributed by atoms with Crippen molar-refractivity contribution < 1.29 is 9.53 Å². The number of hydrogen-bond acceptors (Lipinski definition) is 3. The fourth-order valence-electron chi connectivity index (χ4n) is 2.52. The van der Waals surface area contributed by atoms with Crippen molar-refractivity contribution in [3.05, 3.63) is 53.1 Å². The second-order valence-corrected chi connectivity index (χ2v) is 5.50. The zero-order valence-corrected chi connectivity index (χ0v) is 12.4. The molecular weight excluding hydrogens is 290 g/mol. The maximum Gasteiger partial charge on any atom is 0.251 e. The second-order valence-electron chi connectivity index (χ2n) is 5.07. The number of carbonyl (C=O) groups excluding carboxylic acids is 1. The molecule has 0 bridgehead atoms. The summed E-state index contributed by atoms with van der Waals surface area (Å²) in [5.74, 6) is 0.677. The third-order valence-corrected chi connectivity index (χ3v) is 3.84. The first kappa shape index (κ1) is 14.1. The third-order valence-electron chi connectivity index (χ3n) is 3.61. The van der Waals surface area contributed by atoms with Crippen molar-refractivity contribution in [1.29, 1.82) is 0 Å². The average molecular weight is 306 g/mol.